The SMILES string of the molecule is COC(=O)c1ccncc1-c1ccc(F)cc1C. The van der Waals surface area contributed by atoms with Gasteiger partial charge in [0.05, 0.1) is 12.7 Å². The zero-order chi connectivity index (χ0) is 13.1. The van der Waals surface area contributed by atoms with Crippen LogP contribution < -0.4 is 0 Å². The number of nitrogens with zero attached hydrogens (tertiary/aromatic N) is 1. The van der Waals surface area contributed by atoms with Crippen molar-refractivity contribution in [3.63, 3.8) is 0 Å². The van der Waals surface area contributed by atoms with Crippen LogP contribution in [0.3, 0.4) is 0 Å². The minimum Gasteiger partial charge on any atom is -0.465 e. The largest absolute Gasteiger partial charge is 0.465 e. The maximum Gasteiger partial charge on any atom is 0.338 e. The summed E-state index contributed by atoms with van der Waals surface area (Å²) in [6.45, 7) is 1.78. The first-order valence-electron chi connectivity index (χ1n) is 5.42. The van der Waals surface area contributed by atoms with Crippen molar-refractivity contribution in [1.29, 1.82) is 0 Å². The first-order chi connectivity index (χ1) is 8.63. The Balaban J connectivity index is 2.60. The molecule has 0 fully saturated rings. The van der Waals surface area contributed by atoms with E-state index in [1.54, 1.807) is 25.3 Å². The number of hydrogen-bond donors (Lipinski definition) is 0. The van der Waals surface area contributed by atoms with E-state index < -0.39 is 5.97 Å². The van der Waals surface area contributed by atoms with Gasteiger partial charge in [-0.05, 0) is 36.2 Å². The summed E-state index contributed by atoms with van der Waals surface area (Å²) in [7, 11) is 1.32. The first-order valence-corrected chi connectivity index (χ1v) is 5.42. The van der Waals surface area contributed by atoms with Crippen LogP contribution in [0, 0.1) is 12.7 Å². The highest BCUT2D eigenvalue weighted by Gasteiger charge is 2.14. The first kappa shape index (κ1) is 12.2. The third-order valence-corrected chi connectivity index (χ3v) is 2.71. The lowest BCUT2D eigenvalue weighted by Gasteiger charge is -2.09. The molecular formula is C14H12FNO2. The average molecular weight is 245 g/mol. The number of aromatic nitrogens is 1. The maximum atomic E-state index is 13.1. The van der Waals surface area contributed by atoms with Crippen molar-refractivity contribution in [3.05, 3.63) is 53.6 Å². The molecule has 0 amide bonds. The number of pyridine rings is 1. The number of hydrogen-bond acceptors (Lipinski definition) is 3. The summed E-state index contributed by atoms with van der Waals surface area (Å²) in [5, 5.41) is 0. The Hall–Kier alpha value is -2.23. The second-order valence-electron chi connectivity index (χ2n) is 3.87. The Bertz CT molecular complexity index is 596. The van der Waals surface area contributed by atoms with Crippen molar-refractivity contribution in [1.82, 2.24) is 4.98 Å². The Labute approximate surface area is 104 Å². The monoisotopic (exact) mass is 245 g/mol. The number of aryl methyl sites for hydroxylation is 1. The number of carbonyl (C=O) groups excluding carboxylic acids is 1. The van der Waals surface area contributed by atoms with Crippen LogP contribution in [0.2, 0.25) is 0 Å². The van der Waals surface area contributed by atoms with Crippen LogP contribution in [0.4, 0.5) is 4.39 Å². The molecule has 1 heterocycles. The van der Waals surface area contributed by atoms with Gasteiger partial charge in [-0.2, -0.15) is 0 Å². The molecule has 0 radical (unpaired) electrons. The molecule has 1 aromatic carbocycles. The molecule has 3 nitrogen and oxygen atoms in total. The predicted molar refractivity (Wildman–Crippen MR) is 65.7 cm³/mol. The van der Waals surface area contributed by atoms with Crippen molar-refractivity contribution in [2.24, 2.45) is 0 Å². The van der Waals surface area contributed by atoms with Crippen LogP contribution in [0.15, 0.2) is 36.7 Å². The lowest BCUT2D eigenvalue weighted by Crippen LogP contribution is -2.04. The third kappa shape index (κ3) is 2.22. The van der Waals surface area contributed by atoms with Crippen LogP contribution in [0.5, 0.6) is 0 Å². The van der Waals surface area contributed by atoms with Gasteiger partial charge in [-0.3, -0.25) is 4.98 Å². The van der Waals surface area contributed by atoms with E-state index in [0.717, 1.165) is 11.1 Å². The van der Waals surface area contributed by atoms with Gasteiger partial charge < -0.3 is 4.74 Å². The van der Waals surface area contributed by atoms with Gasteiger partial charge in [0, 0.05) is 18.0 Å². The third-order valence-electron chi connectivity index (χ3n) is 2.71. The van der Waals surface area contributed by atoms with Crippen molar-refractivity contribution < 1.29 is 13.9 Å². The summed E-state index contributed by atoms with van der Waals surface area (Å²) in [6, 6.07) is 6.00. The summed E-state index contributed by atoms with van der Waals surface area (Å²) in [5.41, 5.74) is 2.57. The molecule has 0 aliphatic heterocycles. The number of rotatable bonds is 2. The Morgan fingerprint density at radius 1 is 1.28 bits per heavy atom. The van der Waals surface area contributed by atoms with E-state index in [2.05, 4.69) is 4.98 Å². The molecule has 0 aliphatic rings. The zero-order valence-corrected chi connectivity index (χ0v) is 10.1. The molecule has 0 saturated heterocycles. The van der Waals surface area contributed by atoms with E-state index in [0.29, 0.717) is 11.1 Å². The number of ether oxygens (including phenoxy) is 1. The molecule has 0 aliphatic carbocycles. The summed E-state index contributed by atoms with van der Waals surface area (Å²) in [4.78, 5) is 15.7. The van der Waals surface area contributed by atoms with Crippen LogP contribution >= 0.6 is 0 Å². The van der Waals surface area contributed by atoms with E-state index in [4.69, 9.17) is 4.74 Å². The van der Waals surface area contributed by atoms with Crippen molar-refractivity contribution in [3.8, 4) is 11.1 Å². The Morgan fingerprint density at radius 2 is 2.06 bits per heavy atom. The molecule has 1 aromatic heterocycles. The second-order valence-corrected chi connectivity index (χ2v) is 3.87. The van der Waals surface area contributed by atoms with Crippen molar-refractivity contribution in [2.75, 3.05) is 7.11 Å². The number of benzene rings is 1. The van der Waals surface area contributed by atoms with Crippen LogP contribution in [-0.4, -0.2) is 18.1 Å². The predicted octanol–water partition coefficient (Wildman–Crippen LogP) is 2.98. The van der Waals surface area contributed by atoms with Gasteiger partial charge >= 0.3 is 5.97 Å². The standard InChI is InChI=1S/C14H12FNO2/c1-9-7-10(15)3-4-11(9)13-8-16-6-5-12(13)14(17)18-2/h3-8H,1-2H3. The summed E-state index contributed by atoms with van der Waals surface area (Å²) < 4.78 is 17.8. The van der Waals surface area contributed by atoms with Crippen LogP contribution in [-0.2, 0) is 4.74 Å². The molecular weight excluding hydrogens is 233 g/mol. The summed E-state index contributed by atoms with van der Waals surface area (Å²) in [5.74, 6) is -0.740. The van der Waals surface area contributed by atoms with Crippen LogP contribution in [0.25, 0.3) is 11.1 Å². The van der Waals surface area contributed by atoms with E-state index >= 15 is 0 Å². The van der Waals surface area contributed by atoms with Crippen molar-refractivity contribution in [2.45, 2.75) is 6.92 Å². The summed E-state index contributed by atoms with van der Waals surface area (Å²) in [6.07, 6.45) is 3.10. The molecule has 0 bridgehead atoms. The Kier molecular flexibility index (Phi) is 3.37. The fourth-order valence-electron chi connectivity index (χ4n) is 1.83. The topological polar surface area (TPSA) is 39.2 Å². The molecule has 92 valence electrons. The van der Waals surface area contributed by atoms with E-state index in [1.165, 1.54) is 25.4 Å². The minimum absolute atomic E-state index is 0.306. The molecule has 2 aromatic rings. The Morgan fingerprint density at radius 3 is 2.72 bits per heavy atom. The van der Waals surface area contributed by atoms with Gasteiger partial charge in [-0.15, -0.1) is 0 Å². The number of carbonyl (C=O) groups is 1. The van der Waals surface area contributed by atoms with Gasteiger partial charge in [0.15, 0.2) is 0 Å². The van der Waals surface area contributed by atoms with Gasteiger partial charge in [-0.25, -0.2) is 9.18 Å². The molecule has 0 spiro atoms. The van der Waals surface area contributed by atoms with Gasteiger partial charge in [0.2, 0.25) is 0 Å². The lowest BCUT2D eigenvalue weighted by atomic mass is 9.98. The molecule has 0 unspecified atom stereocenters. The highest BCUT2D eigenvalue weighted by Crippen LogP contribution is 2.27. The average Bonchev–Trinajstić information content (AvgIpc) is 2.38. The maximum absolute atomic E-state index is 13.1. The highest BCUT2D eigenvalue weighted by atomic mass is 19.1. The van der Waals surface area contributed by atoms with E-state index in [-0.39, 0.29) is 5.82 Å². The highest BCUT2D eigenvalue weighted by molar-refractivity contribution is 5.97. The molecule has 18 heavy (non-hydrogen) atoms. The van der Waals surface area contributed by atoms with Crippen LogP contribution in [0.1, 0.15) is 15.9 Å². The molecule has 4 heteroatoms. The van der Waals surface area contributed by atoms with Gasteiger partial charge in [0.1, 0.15) is 5.82 Å². The van der Waals surface area contributed by atoms with Gasteiger partial charge in [-0.1, -0.05) is 6.07 Å². The quantitative estimate of drug-likeness (QED) is 0.763. The van der Waals surface area contributed by atoms with E-state index in [1.807, 2.05) is 0 Å². The molecule has 2 rings (SSSR count). The van der Waals surface area contributed by atoms with E-state index in [9.17, 15) is 9.18 Å². The smallest absolute Gasteiger partial charge is 0.338 e. The second kappa shape index (κ2) is 4.96. The molecule has 0 saturated carbocycles. The van der Waals surface area contributed by atoms with Crippen molar-refractivity contribution >= 4 is 5.97 Å². The number of halogens is 1. The normalized spacial score (nSPS) is 10.2. The van der Waals surface area contributed by atoms with Gasteiger partial charge in [0.25, 0.3) is 0 Å². The number of methoxy groups -OCH3 is 1. The number of esters is 1. The molecule has 0 atom stereocenters. The summed E-state index contributed by atoms with van der Waals surface area (Å²) >= 11 is 0. The molecule has 0 N–H and O–H groups in total. The fourth-order valence-corrected chi connectivity index (χ4v) is 1.83. The minimum atomic E-state index is -0.434. The lowest BCUT2D eigenvalue weighted by molar-refractivity contribution is 0.0601. The zero-order valence-electron chi connectivity index (χ0n) is 10.1. The fraction of sp³-hybridized carbons (Fsp3) is 0.143.